The van der Waals surface area contributed by atoms with Crippen LogP contribution in [0.4, 0.5) is 27.6 Å². The van der Waals surface area contributed by atoms with Gasteiger partial charge in [-0.1, -0.05) is 35.0 Å². The first-order valence-electron chi connectivity index (χ1n) is 7.83. The Balaban J connectivity index is 1.70. The van der Waals surface area contributed by atoms with Crippen LogP contribution < -0.4 is 10.1 Å². The van der Waals surface area contributed by atoms with Crippen LogP contribution in [0.2, 0.25) is 10.0 Å². The molecule has 0 atom stereocenters. The van der Waals surface area contributed by atoms with Crippen molar-refractivity contribution in [3.8, 4) is 5.75 Å². The number of hydrogen-bond acceptors (Lipinski definition) is 5. The van der Waals surface area contributed by atoms with Gasteiger partial charge in [-0.25, -0.2) is 0 Å². The second-order valence-electron chi connectivity index (χ2n) is 5.61. The molecule has 0 bridgehead atoms. The Labute approximate surface area is 179 Å². The van der Waals surface area contributed by atoms with Gasteiger partial charge in [0.05, 0.1) is 21.4 Å². The normalized spacial score (nSPS) is 11.9. The largest absolute Gasteiger partial charge is 0.433 e. The van der Waals surface area contributed by atoms with Crippen LogP contribution >= 0.6 is 35.0 Å². The second kappa shape index (κ2) is 8.82. The van der Waals surface area contributed by atoms with E-state index < -0.39 is 24.3 Å². The lowest BCUT2D eigenvalue weighted by Gasteiger charge is -2.10. The molecule has 14 heteroatoms. The van der Waals surface area contributed by atoms with Crippen molar-refractivity contribution in [2.45, 2.75) is 17.9 Å². The number of pyridine rings is 1. The van der Waals surface area contributed by atoms with Gasteiger partial charge in [0.25, 0.3) is 0 Å². The van der Waals surface area contributed by atoms with Gasteiger partial charge in [0.2, 0.25) is 5.91 Å². The van der Waals surface area contributed by atoms with Gasteiger partial charge in [0, 0.05) is 11.9 Å². The van der Waals surface area contributed by atoms with Crippen molar-refractivity contribution in [2.75, 3.05) is 11.1 Å². The molecule has 0 spiro atoms. The lowest BCUT2D eigenvalue weighted by molar-refractivity contribution is -0.137. The minimum Gasteiger partial charge on any atom is -0.433 e. The summed E-state index contributed by atoms with van der Waals surface area (Å²) in [4.78, 5) is 12.1. The van der Waals surface area contributed by atoms with Gasteiger partial charge in [0.15, 0.2) is 10.8 Å². The molecule has 0 aliphatic rings. The zero-order valence-corrected chi connectivity index (χ0v) is 16.7. The molecular formula is C16H9Cl2F5N4O2S. The third kappa shape index (κ3) is 5.24. The average molecular weight is 487 g/mol. The summed E-state index contributed by atoms with van der Waals surface area (Å²) in [6, 6.07) is 4.40. The maximum absolute atomic E-state index is 13.0. The van der Waals surface area contributed by atoms with Crippen LogP contribution in [0.5, 0.6) is 5.75 Å². The minimum absolute atomic E-state index is 0.00831. The summed E-state index contributed by atoms with van der Waals surface area (Å²) in [5, 5.41) is 9.57. The Bertz CT molecular complexity index is 1090. The summed E-state index contributed by atoms with van der Waals surface area (Å²) in [5.41, 5.74) is -0.776. The molecule has 0 fully saturated rings. The van der Waals surface area contributed by atoms with E-state index in [1.54, 1.807) is 0 Å². The summed E-state index contributed by atoms with van der Waals surface area (Å²) < 4.78 is 68.6. The molecule has 30 heavy (non-hydrogen) atoms. The van der Waals surface area contributed by atoms with Crippen molar-refractivity contribution in [3.05, 3.63) is 46.1 Å². The molecule has 6 nitrogen and oxygen atoms in total. The van der Waals surface area contributed by atoms with Gasteiger partial charge in [-0.3, -0.25) is 9.20 Å². The van der Waals surface area contributed by atoms with E-state index in [9.17, 15) is 26.7 Å². The van der Waals surface area contributed by atoms with Gasteiger partial charge in [0.1, 0.15) is 5.75 Å². The molecule has 160 valence electrons. The number of benzene rings is 1. The number of ether oxygens (including phenoxy) is 1. The van der Waals surface area contributed by atoms with Gasteiger partial charge in [-0.05, 0) is 24.3 Å². The highest BCUT2D eigenvalue weighted by atomic mass is 35.5. The van der Waals surface area contributed by atoms with Gasteiger partial charge < -0.3 is 10.1 Å². The van der Waals surface area contributed by atoms with Crippen LogP contribution in [-0.2, 0) is 11.0 Å². The third-order valence-corrected chi connectivity index (χ3v) is 5.04. The average Bonchev–Trinajstić information content (AvgIpc) is 3.05. The molecule has 0 radical (unpaired) electrons. The molecule has 1 N–H and O–H groups in total. The smallest absolute Gasteiger partial charge is 0.417 e. The molecule has 2 aromatic heterocycles. The fourth-order valence-electron chi connectivity index (χ4n) is 2.28. The first-order chi connectivity index (χ1) is 14.0. The number of carbonyl (C=O) groups is 1. The SMILES string of the molecule is O=C(CSc1nnc2c(Cl)cc(C(F)(F)F)cn12)Nc1ccc(OC(F)F)c(Cl)c1. The standard InChI is InChI=1S/C16H9Cl2F5N4O2S/c17-9-4-8(1-2-11(9)29-14(19)20)24-12(28)6-30-15-26-25-13-10(18)3-7(5-27(13)15)16(21,22)23/h1-5,14H,6H2,(H,24,28). The van der Waals surface area contributed by atoms with Crippen molar-refractivity contribution in [1.29, 1.82) is 0 Å². The number of hydrogen-bond donors (Lipinski definition) is 1. The van der Waals surface area contributed by atoms with E-state index in [0.717, 1.165) is 34.5 Å². The summed E-state index contributed by atoms with van der Waals surface area (Å²) in [5.74, 6) is -1.04. The van der Waals surface area contributed by atoms with Gasteiger partial charge in [-0.2, -0.15) is 22.0 Å². The fraction of sp³-hybridized carbons (Fsp3) is 0.188. The van der Waals surface area contributed by atoms with E-state index in [1.165, 1.54) is 12.1 Å². The highest BCUT2D eigenvalue weighted by Gasteiger charge is 2.32. The molecule has 0 aliphatic heterocycles. The van der Waals surface area contributed by atoms with Crippen LogP contribution in [0, 0.1) is 0 Å². The van der Waals surface area contributed by atoms with E-state index in [4.69, 9.17) is 23.2 Å². The Kier molecular flexibility index (Phi) is 6.58. The number of nitrogens with one attached hydrogen (secondary N) is 1. The fourth-order valence-corrected chi connectivity index (χ4v) is 3.47. The van der Waals surface area contributed by atoms with Crippen molar-refractivity contribution >= 4 is 52.2 Å². The zero-order valence-electron chi connectivity index (χ0n) is 14.4. The lowest BCUT2D eigenvalue weighted by Crippen LogP contribution is -2.14. The molecule has 0 saturated carbocycles. The van der Waals surface area contributed by atoms with Crippen molar-refractivity contribution in [1.82, 2.24) is 14.6 Å². The van der Waals surface area contributed by atoms with Crippen molar-refractivity contribution < 1.29 is 31.5 Å². The van der Waals surface area contributed by atoms with E-state index >= 15 is 0 Å². The molecule has 0 aliphatic carbocycles. The summed E-state index contributed by atoms with van der Waals surface area (Å²) >= 11 is 12.5. The number of nitrogens with zero attached hydrogens (tertiary/aromatic N) is 3. The summed E-state index contributed by atoms with van der Waals surface area (Å²) in [6.45, 7) is -3.05. The number of aromatic nitrogens is 3. The Morgan fingerprint density at radius 2 is 1.93 bits per heavy atom. The van der Waals surface area contributed by atoms with Gasteiger partial charge >= 0.3 is 12.8 Å². The summed E-state index contributed by atoms with van der Waals surface area (Å²) in [6.07, 6.45) is -3.84. The van der Waals surface area contributed by atoms with Crippen LogP contribution in [0.15, 0.2) is 35.6 Å². The topological polar surface area (TPSA) is 68.5 Å². The van der Waals surface area contributed by atoms with E-state index in [1.807, 2.05) is 0 Å². The number of carbonyl (C=O) groups excluding carboxylic acids is 1. The molecule has 1 amide bonds. The highest BCUT2D eigenvalue weighted by Crippen LogP contribution is 2.33. The number of thioether (sulfide) groups is 1. The molecule has 3 rings (SSSR count). The van der Waals surface area contributed by atoms with E-state index in [2.05, 4.69) is 20.3 Å². The lowest BCUT2D eigenvalue weighted by atomic mass is 10.3. The van der Waals surface area contributed by atoms with Crippen LogP contribution in [0.25, 0.3) is 5.65 Å². The predicted octanol–water partition coefficient (Wildman–Crippen LogP) is 5.39. The Hall–Kier alpha value is -2.31. The van der Waals surface area contributed by atoms with Crippen molar-refractivity contribution in [3.63, 3.8) is 0 Å². The maximum atomic E-state index is 13.0. The molecular weight excluding hydrogens is 478 g/mol. The van der Waals surface area contributed by atoms with Crippen LogP contribution in [0.3, 0.4) is 0 Å². The first kappa shape index (κ1) is 22.4. The highest BCUT2D eigenvalue weighted by molar-refractivity contribution is 7.99. The first-order valence-corrected chi connectivity index (χ1v) is 9.57. The molecule has 0 saturated heterocycles. The third-order valence-electron chi connectivity index (χ3n) is 3.52. The molecule has 3 aromatic rings. The maximum Gasteiger partial charge on any atom is 0.417 e. The van der Waals surface area contributed by atoms with Gasteiger partial charge in [-0.15, -0.1) is 10.2 Å². The Morgan fingerprint density at radius 3 is 2.57 bits per heavy atom. The van der Waals surface area contributed by atoms with E-state index in [0.29, 0.717) is 0 Å². The number of fused-ring (bicyclic) bond motifs is 1. The van der Waals surface area contributed by atoms with Crippen LogP contribution in [0.1, 0.15) is 5.56 Å². The number of rotatable bonds is 6. The number of halogens is 7. The number of anilines is 1. The monoisotopic (exact) mass is 486 g/mol. The van der Waals surface area contributed by atoms with E-state index in [-0.39, 0.29) is 38.0 Å². The second-order valence-corrected chi connectivity index (χ2v) is 7.37. The predicted molar refractivity (Wildman–Crippen MR) is 100 cm³/mol. The minimum atomic E-state index is -4.62. The molecule has 2 heterocycles. The number of amides is 1. The number of alkyl halides is 5. The molecule has 1 aromatic carbocycles. The molecule has 0 unspecified atom stereocenters. The van der Waals surface area contributed by atoms with Crippen LogP contribution in [-0.4, -0.2) is 32.9 Å². The zero-order chi connectivity index (χ0) is 22.1. The Morgan fingerprint density at radius 1 is 1.20 bits per heavy atom. The summed E-state index contributed by atoms with van der Waals surface area (Å²) in [7, 11) is 0. The van der Waals surface area contributed by atoms with Crippen molar-refractivity contribution in [2.24, 2.45) is 0 Å². The quantitative estimate of drug-likeness (QED) is 0.373.